The quantitative estimate of drug-likeness (QED) is 0.781. The summed E-state index contributed by atoms with van der Waals surface area (Å²) in [5.74, 6) is 0.681. The molecule has 1 aliphatic carbocycles. The molecular weight excluding hydrogens is 266 g/mol. The van der Waals surface area contributed by atoms with Gasteiger partial charge in [0.15, 0.2) is 0 Å². The molecule has 1 aromatic heterocycles. The van der Waals surface area contributed by atoms with Gasteiger partial charge in [-0.3, -0.25) is 0 Å². The van der Waals surface area contributed by atoms with Crippen molar-refractivity contribution in [2.45, 2.75) is 12.8 Å². The molecule has 0 radical (unpaired) electrons. The summed E-state index contributed by atoms with van der Waals surface area (Å²) in [6.45, 7) is 1.94. The lowest BCUT2D eigenvalue weighted by atomic mass is 9.89. The van der Waals surface area contributed by atoms with E-state index in [-0.39, 0.29) is 6.61 Å². The van der Waals surface area contributed by atoms with E-state index in [1.54, 1.807) is 6.33 Å². The Morgan fingerprint density at radius 1 is 1.14 bits per heavy atom. The van der Waals surface area contributed by atoms with Crippen molar-refractivity contribution in [3.63, 3.8) is 0 Å². The number of aliphatic hydroxyl groups excluding tert-OH is 1. The van der Waals surface area contributed by atoms with E-state index < -0.39 is 0 Å². The molecule has 0 atom stereocenters. The SMILES string of the molecule is OCCNCCOc1ncnc2c1CCc1ccccc1-2. The number of nitrogens with one attached hydrogen (secondary N) is 1. The topological polar surface area (TPSA) is 67.3 Å². The van der Waals surface area contributed by atoms with Crippen LogP contribution in [0.25, 0.3) is 11.3 Å². The van der Waals surface area contributed by atoms with Crippen LogP contribution < -0.4 is 10.1 Å². The van der Waals surface area contributed by atoms with E-state index in [1.807, 2.05) is 6.07 Å². The number of hydrogen-bond donors (Lipinski definition) is 2. The van der Waals surface area contributed by atoms with Crippen molar-refractivity contribution >= 4 is 0 Å². The predicted octanol–water partition coefficient (Wildman–Crippen LogP) is 1.20. The number of ether oxygens (including phenoxy) is 1. The number of aliphatic hydroxyl groups is 1. The molecule has 0 saturated carbocycles. The average Bonchev–Trinajstić information content (AvgIpc) is 2.54. The monoisotopic (exact) mass is 285 g/mol. The number of rotatable bonds is 6. The predicted molar refractivity (Wildman–Crippen MR) is 80.3 cm³/mol. The summed E-state index contributed by atoms with van der Waals surface area (Å²) in [6, 6.07) is 8.36. The Kier molecular flexibility index (Phi) is 4.43. The zero-order chi connectivity index (χ0) is 14.5. The van der Waals surface area contributed by atoms with Gasteiger partial charge in [-0.1, -0.05) is 24.3 Å². The minimum Gasteiger partial charge on any atom is -0.476 e. The lowest BCUT2D eigenvalue weighted by Gasteiger charge is -2.20. The summed E-state index contributed by atoms with van der Waals surface area (Å²) in [5.41, 5.74) is 4.60. The first-order valence-electron chi connectivity index (χ1n) is 7.26. The van der Waals surface area contributed by atoms with Crippen molar-refractivity contribution in [1.82, 2.24) is 15.3 Å². The van der Waals surface area contributed by atoms with Gasteiger partial charge in [0.05, 0.1) is 12.3 Å². The van der Waals surface area contributed by atoms with Crippen LogP contribution in [0.1, 0.15) is 11.1 Å². The number of aromatic nitrogens is 2. The maximum atomic E-state index is 8.71. The highest BCUT2D eigenvalue weighted by atomic mass is 16.5. The first kappa shape index (κ1) is 14.0. The molecule has 0 aliphatic heterocycles. The van der Waals surface area contributed by atoms with Crippen LogP contribution in [0.2, 0.25) is 0 Å². The minimum atomic E-state index is 0.139. The second-order valence-corrected chi connectivity index (χ2v) is 4.99. The van der Waals surface area contributed by atoms with E-state index in [2.05, 4.69) is 33.5 Å². The molecule has 5 heteroatoms. The van der Waals surface area contributed by atoms with Gasteiger partial charge in [-0.05, 0) is 18.4 Å². The van der Waals surface area contributed by atoms with Crippen molar-refractivity contribution in [2.75, 3.05) is 26.3 Å². The van der Waals surface area contributed by atoms with E-state index in [0.29, 0.717) is 25.6 Å². The summed E-state index contributed by atoms with van der Waals surface area (Å²) >= 11 is 0. The number of aryl methyl sites for hydroxylation is 1. The van der Waals surface area contributed by atoms with E-state index >= 15 is 0 Å². The van der Waals surface area contributed by atoms with Gasteiger partial charge in [-0.15, -0.1) is 0 Å². The summed E-state index contributed by atoms with van der Waals surface area (Å²) in [5, 5.41) is 11.8. The summed E-state index contributed by atoms with van der Waals surface area (Å²) < 4.78 is 5.77. The van der Waals surface area contributed by atoms with Gasteiger partial charge < -0.3 is 15.2 Å². The van der Waals surface area contributed by atoms with E-state index in [0.717, 1.165) is 24.1 Å². The van der Waals surface area contributed by atoms with Crippen molar-refractivity contribution in [3.8, 4) is 17.1 Å². The van der Waals surface area contributed by atoms with Gasteiger partial charge in [0, 0.05) is 24.2 Å². The standard InChI is InChI=1S/C16H19N3O2/c20-9-7-17-8-10-21-16-14-6-5-12-3-1-2-4-13(12)15(14)18-11-19-16/h1-4,11,17,20H,5-10H2. The van der Waals surface area contributed by atoms with Gasteiger partial charge in [0.1, 0.15) is 12.9 Å². The molecule has 0 amide bonds. The van der Waals surface area contributed by atoms with Crippen LogP contribution in [0.4, 0.5) is 0 Å². The van der Waals surface area contributed by atoms with Crippen molar-refractivity contribution in [3.05, 3.63) is 41.7 Å². The molecule has 1 heterocycles. The molecule has 1 aliphatic rings. The van der Waals surface area contributed by atoms with E-state index in [1.165, 1.54) is 11.1 Å². The Morgan fingerprint density at radius 2 is 2.05 bits per heavy atom. The number of nitrogens with zero attached hydrogens (tertiary/aromatic N) is 2. The number of hydrogen-bond acceptors (Lipinski definition) is 5. The van der Waals surface area contributed by atoms with Gasteiger partial charge in [-0.25, -0.2) is 9.97 Å². The highest BCUT2D eigenvalue weighted by molar-refractivity contribution is 5.70. The third-order valence-electron chi connectivity index (χ3n) is 3.63. The van der Waals surface area contributed by atoms with E-state index in [4.69, 9.17) is 9.84 Å². The first-order valence-corrected chi connectivity index (χ1v) is 7.26. The zero-order valence-corrected chi connectivity index (χ0v) is 11.9. The van der Waals surface area contributed by atoms with Crippen LogP contribution in [0.5, 0.6) is 5.88 Å². The second kappa shape index (κ2) is 6.65. The Labute approximate surface area is 124 Å². The van der Waals surface area contributed by atoms with E-state index in [9.17, 15) is 0 Å². The molecule has 2 aromatic rings. The molecule has 5 nitrogen and oxygen atoms in total. The van der Waals surface area contributed by atoms with Crippen molar-refractivity contribution in [1.29, 1.82) is 0 Å². The molecule has 0 fully saturated rings. The molecule has 21 heavy (non-hydrogen) atoms. The van der Waals surface area contributed by atoms with Gasteiger partial charge in [-0.2, -0.15) is 0 Å². The van der Waals surface area contributed by atoms with Crippen molar-refractivity contribution < 1.29 is 9.84 Å². The Balaban J connectivity index is 1.77. The molecule has 1 aromatic carbocycles. The van der Waals surface area contributed by atoms with Crippen LogP contribution in [0, 0.1) is 0 Å². The molecule has 0 spiro atoms. The van der Waals surface area contributed by atoms with Crippen LogP contribution in [-0.4, -0.2) is 41.4 Å². The lowest BCUT2D eigenvalue weighted by Crippen LogP contribution is -2.24. The van der Waals surface area contributed by atoms with Crippen LogP contribution in [0.3, 0.4) is 0 Å². The largest absolute Gasteiger partial charge is 0.476 e. The third kappa shape index (κ3) is 3.04. The fourth-order valence-corrected chi connectivity index (χ4v) is 2.63. The van der Waals surface area contributed by atoms with Crippen LogP contribution in [0.15, 0.2) is 30.6 Å². The molecule has 3 rings (SSSR count). The Hall–Kier alpha value is -1.98. The smallest absolute Gasteiger partial charge is 0.220 e. The lowest BCUT2D eigenvalue weighted by molar-refractivity contribution is 0.271. The van der Waals surface area contributed by atoms with Gasteiger partial charge in [0.2, 0.25) is 5.88 Å². The van der Waals surface area contributed by atoms with Gasteiger partial charge in [0.25, 0.3) is 0 Å². The zero-order valence-electron chi connectivity index (χ0n) is 11.9. The summed E-state index contributed by atoms with van der Waals surface area (Å²) in [6.07, 6.45) is 3.47. The van der Waals surface area contributed by atoms with Crippen LogP contribution >= 0.6 is 0 Å². The maximum Gasteiger partial charge on any atom is 0.220 e. The van der Waals surface area contributed by atoms with Crippen LogP contribution in [-0.2, 0) is 12.8 Å². The number of fused-ring (bicyclic) bond motifs is 3. The first-order chi connectivity index (χ1) is 10.4. The second-order valence-electron chi connectivity index (χ2n) is 4.99. The molecular formula is C16H19N3O2. The average molecular weight is 285 g/mol. The third-order valence-corrected chi connectivity index (χ3v) is 3.63. The van der Waals surface area contributed by atoms with Crippen molar-refractivity contribution in [2.24, 2.45) is 0 Å². The highest BCUT2D eigenvalue weighted by Crippen LogP contribution is 2.35. The van der Waals surface area contributed by atoms with Gasteiger partial charge >= 0.3 is 0 Å². The molecule has 0 bridgehead atoms. The fraction of sp³-hybridized carbons (Fsp3) is 0.375. The normalized spacial score (nSPS) is 12.6. The Morgan fingerprint density at radius 3 is 2.95 bits per heavy atom. The fourth-order valence-electron chi connectivity index (χ4n) is 2.63. The Bertz CT molecular complexity index is 616. The molecule has 110 valence electrons. The molecule has 0 saturated heterocycles. The molecule has 0 unspecified atom stereocenters. The summed E-state index contributed by atoms with van der Waals surface area (Å²) in [7, 11) is 0. The molecule has 2 N–H and O–H groups in total. The minimum absolute atomic E-state index is 0.139. The summed E-state index contributed by atoms with van der Waals surface area (Å²) in [4.78, 5) is 8.71. The maximum absolute atomic E-state index is 8.71. The highest BCUT2D eigenvalue weighted by Gasteiger charge is 2.21. The number of benzene rings is 1.